The molecule has 1 unspecified atom stereocenters. The van der Waals surface area contributed by atoms with Crippen molar-refractivity contribution < 1.29 is 9.00 Å². The van der Waals surface area contributed by atoms with E-state index in [0.717, 1.165) is 0 Å². The Kier molecular flexibility index (Phi) is 5.52. The average molecular weight is 324 g/mol. The maximum atomic E-state index is 12.3. The molecule has 2 atom stereocenters. The second-order valence-corrected chi connectivity index (χ2v) is 7.97. The zero-order valence-electron chi connectivity index (χ0n) is 11.1. The smallest absolute Gasteiger partial charge is 0.271 e. The van der Waals surface area contributed by atoms with Crippen molar-refractivity contribution in [2.45, 2.75) is 38.1 Å². The van der Waals surface area contributed by atoms with Crippen molar-refractivity contribution in [2.24, 2.45) is 21.2 Å². The summed E-state index contributed by atoms with van der Waals surface area (Å²) in [7, 11) is -3.28. The van der Waals surface area contributed by atoms with E-state index in [9.17, 15) is 9.00 Å². The van der Waals surface area contributed by atoms with Gasteiger partial charge in [0.15, 0.2) is 0 Å². The summed E-state index contributed by atoms with van der Waals surface area (Å²) in [6.07, 6.45) is 0.473. The molecule has 0 radical (unpaired) electrons. The Morgan fingerprint density at radius 3 is 2.58 bits per heavy atom. The van der Waals surface area contributed by atoms with Crippen LogP contribution in [0.1, 0.15) is 25.8 Å². The fourth-order valence-electron chi connectivity index (χ4n) is 1.53. The van der Waals surface area contributed by atoms with Gasteiger partial charge in [-0.1, -0.05) is 25.4 Å². The minimum Gasteiger partial charge on any atom is -0.320 e. The van der Waals surface area contributed by atoms with Gasteiger partial charge in [-0.3, -0.25) is 4.79 Å². The van der Waals surface area contributed by atoms with E-state index in [4.69, 9.17) is 22.5 Å². The average Bonchev–Trinajstić information content (AvgIpc) is 2.58. The predicted octanol–water partition coefficient (Wildman–Crippen LogP) is 2.31. The van der Waals surface area contributed by atoms with Crippen LogP contribution in [0.3, 0.4) is 0 Å². The van der Waals surface area contributed by atoms with E-state index in [-0.39, 0.29) is 5.92 Å². The molecular weight excluding hydrogens is 306 g/mol. The third-order valence-electron chi connectivity index (χ3n) is 2.52. The maximum Gasteiger partial charge on any atom is 0.271 e. The molecule has 0 aromatic carbocycles. The molecule has 8 heteroatoms. The molecule has 0 spiro atoms. The minimum absolute atomic E-state index is 0.250. The summed E-state index contributed by atoms with van der Waals surface area (Å²) in [6, 6.07) is -0.779. The predicted molar refractivity (Wildman–Crippen MR) is 79.5 cm³/mol. The molecule has 0 bridgehead atoms. The van der Waals surface area contributed by atoms with Gasteiger partial charge < -0.3 is 5.73 Å². The van der Waals surface area contributed by atoms with Crippen LogP contribution < -0.4 is 10.9 Å². The molecule has 1 aromatic heterocycles. The molecule has 1 amide bonds. The molecule has 0 aliphatic carbocycles. The van der Waals surface area contributed by atoms with Crippen LogP contribution in [-0.4, -0.2) is 16.2 Å². The molecule has 1 heterocycles. The van der Waals surface area contributed by atoms with Gasteiger partial charge in [-0.05, 0) is 24.8 Å². The van der Waals surface area contributed by atoms with Gasteiger partial charge in [0.2, 0.25) is 0 Å². The number of nitrogens with zero attached hydrogens (tertiary/aromatic N) is 1. The van der Waals surface area contributed by atoms with Gasteiger partial charge in [-0.15, -0.1) is 15.7 Å². The van der Waals surface area contributed by atoms with E-state index in [2.05, 4.69) is 4.36 Å². The van der Waals surface area contributed by atoms with Gasteiger partial charge in [0, 0.05) is 5.38 Å². The zero-order valence-corrected chi connectivity index (χ0v) is 13.4. The maximum absolute atomic E-state index is 12.3. The Bertz CT molecular complexity index is 589. The van der Waals surface area contributed by atoms with Gasteiger partial charge in [0.25, 0.3) is 5.91 Å². The summed E-state index contributed by atoms with van der Waals surface area (Å²) >= 11 is 7.10. The summed E-state index contributed by atoms with van der Waals surface area (Å²) in [5, 5.41) is 7.21. The van der Waals surface area contributed by atoms with Gasteiger partial charge in [-0.2, -0.15) is 0 Å². The highest BCUT2D eigenvalue weighted by atomic mass is 35.5. The molecule has 108 valence electrons. The fourth-order valence-corrected chi connectivity index (χ4v) is 4.29. The largest absolute Gasteiger partial charge is 0.320 e. The molecule has 0 aliphatic rings. The van der Waals surface area contributed by atoms with E-state index in [0.29, 0.717) is 21.2 Å². The zero-order chi connectivity index (χ0) is 14.8. The third-order valence-corrected chi connectivity index (χ3v) is 5.59. The summed E-state index contributed by atoms with van der Waals surface area (Å²) < 4.78 is 16.4. The molecular formula is C11H18ClN3O2S2. The van der Waals surface area contributed by atoms with Gasteiger partial charge in [0.1, 0.15) is 9.92 Å². The quantitative estimate of drug-likeness (QED) is 0.889. The summed E-state index contributed by atoms with van der Waals surface area (Å²) in [5.74, 6) is -0.386. The number of carbonyl (C=O) groups excluding carboxylic acids is 1. The molecule has 1 rings (SSSR count). The lowest BCUT2D eigenvalue weighted by atomic mass is 10.0. The molecule has 0 saturated heterocycles. The van der Waals surface area contributed by atoms with Crippen LogP contribution in [0.15, 0.2) is 14.6 Å². The second kappa shape index (κ2) is 6.32. The monoisotopic (exact) mass is 323 g/mol. The van der Waals surface area contributed by atoms with Crippen LogP contribution in [0.5, 0.6) is 0 Å². The first-order valence-electron chi connectivity index (χ1n) is 5.73. The Balaban J connectivity index is 3.06. The van der Waals surface area contributed by atoms with E-state index in [1.807, 2.05) is 13.8 Å². The number of hydrogen-bond acceptors (Lipinski definition) is 4. The highest BCUT2D eigenvalue weighted by Gasteiger charge is 2.20. The van der Waals surface area contributed by atoms with E-state index in [1.54, 1.807) is 12.3 Å². The first kappa shape index (κ1) is 16.6. The van der Waals surface area contributed by atoms with Crippen molar-refractivity contribution in [3.63, 3.8) is 0 Å². The molecule has 0 aliphatic heterocycles. The number of amides is 1. The van der Waals surface area contributed by atoms with Crippen LogP contribution in [0.4, 0.5) is 0 Å². The van der Waals surface area contributed by atoms with Crippen molar-refractivity contribution >= 4 is 38.8 Å². The molecule has 4 N–H and O–H groups in total. The summed E-state index contributed by atoms with van der Waals surface area (Å²) in [4.78, 5) is 12.1. The Labute approximate surface area is 122 Å². The van der Waals surface area contributed by atoms with Crippen LogP contribution in [-0.2, 0) is 14.7 Å². The molecule has 19 heavy (non-hydrogen) atoms. The first-order valence-corrected chi connectivity index (χ1v) is 8.56. The van der Waals surface area contributed by atoms with Crippen molar-refractivity contribution in [2.75, 3.05) is 0 Å². The highest BCUT2D eigenvalue weighted by Crippen LogP contribution is 2.30. The third kappa shape index (κ3) is 4.25. The molecule has 0 fully saturated rings. The molecule has 1 aromatic rings. The fraction of sp³-hybridized carbons (Fsp3) is 0.545. The van der Waals surface area contributed by atoms with Gasteiger partial charge in [-0.25, -0.2) is 9.35 Å². The van der Waals surface area contributed by atoms with Crippen LogP contribution in [0, 0.1) is 12.8 Å². The van der Waals surface area contributed by atoms with E-state index >= 15 is 0 Å². The highest BCUT2D eigenvalue weighted by molar-refractivity contribution is 7.92. The van der Waals surface area contributed by atoms with Crippen molar-refractivity contribution in [3.05, 3.63) is 15.3 Å². The van der Waals surface area contributed by atoms with Crippen LogP contribution in [0.25, 0.3) is 0 Å². The number of rotatable bonds is 4. The number of nitrogens with two attached hydrogens (primary N) is 2. The lowest BCUT2D eigenvalue weighted by Gasteiger charge is -2.11. The van der Waals surface area contributed by atoms with Crippen LogP contribution >= 0.6 is 22.9 Å². The van der Waals surface area contributed by atoms with Crippen molar-refractivity contribution in [1.82, 2.24) is 0 Å². The Morgan fingerprint density at radius 1 is 1.58 bits per heavy atom. The molecule has 0 saturated carbocycles. The standard InChI is InChI=1S/C11H18ClN3O2S2/c1-6(2)4-8(13)11(16)15-19(14,17)9-5-18-10(12)7(9)3/h5-6,8H,4,13H2,1-3H3,(H2,14,15,16,17)/t8-,19?/m0/s1. The minimum atomic E-state index is -3.28. The van der Waals surface area contributed by atoms with E-state index in [1.165, 1.54) is 11.3 Å². The van der Waals surface area contributed by atoms with E-state index < -0.39 is 21.9 Å². The number of hydrogen-bond donors (Lipinski definition) is 2. The summed E-state index contributed by atoms with van der Waals surface area (Å²) in [5.41, 5.74) is 6.29. The first-order chi connectivity index (χ1) is 8.65. The van der Waals surface area contributed by atoms with Crippen molar-refractivity contribution in [1.29, 1.82) is 0 Å². The lowest BCUT2D eigenvalue weighted by molar-refractivity contribution is -0.119. The Morgan fingerprint density at radius 2 is 2.16 bits per heavy atom. The second-order valence-electron chi connectivity index (χ2n) is 4.73. The number of thiophene rings is 1. The number of halogens is 1. The summed E-state index contributed by atoms with van der Waals surface area (Å²) in [6.45, 7) is 5.57. The lowest BCUT2D eigenvalue weighted by Crippen LogP contribution is -2.32. The molecule has 5 nitrogen and oxygen atoms in total. The normalized spacial score (nSPS) is 16.2. The van der Waals surface area contributed by atoms with Gasteiger partial charge in [0.05, 0.1) is 15.3 Å². The topological polar surface area (TPSA) is 98.5 Å². The van der Waals surface area contributed by atoms with Crippen LogP contribution in [0.2, 0.25) is 4.34 Å². The van der Waals surface area contributed by atoms with Gasteiger partial charge >= 0.3 is 0 Å². The number of carbonyl (C=O) groups is 1. The van der Waals surface area contributed by atoms with Crippen molar-refractivity contribution in [3.8, 4) is 0 Å². The SMILES string of the molecule is Cc1c(S(N)(=O)=NC(=O)[C@@H](N)CC(C)C)csc1Cl. The Hall–Kier alpha value is -0.470.